The van der Waals surface area contributed by atoms with Crippen LogP contribution in [-0.4, -0.2) is 31.6 Å². The predicted molar refractivity (Wildman–Crippen MR) is 74.7 cm³/mol. The maximum Gasteiger partial charge on any atom is 0.258 e. The average molecular weight is 275 g/mol. The van der Waals surface area contributed by atoms with Crippen molar-refractivity contribution in [3.63, 3.8) is 0 Å². The second kappa shape index (κ2) is 6.86. The number of carbonyl (C=O) groups excluding carboxylic acids is 2. The molecule has 0 unspecified atom stereocenters. The highest BCUT2D eigenvalue weighted by molar-refractivity contribution is 6.28. The number of benzene rings is 1. The molecule has 0 saturated carbocycles. The van der Waals surface area contributed by atoms with Crippen LogP contribution in [-0.2, 0) is 14.3 Å². The van der Waals surface area contributed by atoms with Crippen LogP contribution in [0.25, 0.3) is 0 Å². The van der Waals surface area contributed by atoms with Crippen molar-refractivity contribution in [2.75, 3.05) is 24.7 Å². The zero-order valence-corrected chi connectivity index (χ0v) is 11.4. The minimum Gasteiger partial charge on any atom is -0.491 e. The Morgan fingerprint density at radius 3 is 2.20 bits per heavy atom. The lowest BCUT2D eigenvalue weighted by Crippen LogP contribution is -2.29. The van der Waals surface area contributed by atoms with E-state index in [1.807, 2.05) is 0 Å². The molecule has 0 N–H and O–H groups in total. The number of rotatable bonds is 7. The molecule has 0 saturated heterocycles. The van der Waals surface area contributed by atoms with Crippen LogP contribution < -0.4 is 9.64 Å². The van der Waals surface area contributed by atoms with Gasteiger partial charge in [0.05, 0.1) is 12.3 Å². The van der Waals surface area contributed by atoms with E-state index < -0.39 is 0 Å². The molecule has 20 heavy (non-hydrogen) atoms. The smallest absolute Gasteiger partial charge is 0.258 e. The predicted octanol–water partition coefficient (Wildman–Crippen LogP) is 1.92. The molecule has 0 fully saturated rings. The molecular formula is C15H17NO4. The Balaban J connectivity index is 1.87. The number of hydrogen-bond donors (Lipinski definition) is 0. The van der Waals surface area contributed by atoms with Crippen LogP contribution in [0, 0.1) is 0 Å². The molecule has 5 nitrogen and oxygen atoms in total. The van der Waals surface area contributed by atoms with E-state index in [0.717, 1.165) is 17.9 Å². The number of nitrogens with zero attached hydrogens (tertiary/aromatic N) is 1. The Morgan fingerprint density at radius 2 is 1.60 bits per heavy atom. The second-order valence-electron chi connectivity index (χ2n) is 4.30. The first kappa shape index (κ1) is 14.3. The largest absolute Gasteiger partial charge is 0.491 e. The van der Waals surface area contributed by atoms with Crippen LogP contribution in [0.2, 0.25) is 0 Å². The van der Waals surface area contributed by atoms with Gasteiger partial charge in [-0.05, 0) is 30.7 Å². The van der Waals surface area contributed by atoms with E-state index in [-0.39, 0.29) is 11.8 Å². The monoisotopic (exact) mass is 275 g/mol. The first-order valence-corrected chi connectivity index (χ1v) is 6.59. The molecular weight excluding hydrogens is 258 g/mol. The molecule has 1 heterocycles. The molecule has 0 atom stereocenters. The van der Waals surface area contributed by atoms with Crippen molar-refractivity contribution in [3.8, 4) is 5.75 Å². The third-order valence-corrected chi connectivity index (χ3v) is 2.75. The van der Waals surface area contributed by atoms with E-state index >= 15 is 0 Å². The maximum atomic E-state index is 11.5. The molecule has 0 aliphatic carbocycles. The number of hydrogen-bond acceptors (Lipinski definition) is 4. The minimum atomic E-state index is -0.323. The van der Waals surface area contributed by atoms with Gasteiger partial charge in [0.1, 0.15) is 12.4 Å². The van der Waals surface area contributed by atoms with Gasteiger partial charge < -0.3 is 9.47 Å². The fraction of sp³-hybridized carbons (Fsp3) is 0.333. The summed E-state index contributed by atoms with van der Waals surface area (Å²) in [6.07, 6.45) is 3.51. The van der Waals surface area contributed by atoms with Crippen molar-refractivity contribution in [3.05, 3.63) is 36.4 Å². The van der Waals surface area contributed by atoms with E-state index in [4.69, 9.17) is 9.47 Å². The highest BCUT2D eigenvalue weighted by atomic mass is 16.5. The molecule has 1 aromatic carbocycles. The Hall–Kier alpha value is -2.14. The van der Waals surface area contributed by atoms with E-state index in [1.165, 1.54) is 12.2 Å². The summed E-state index contributed by atoms with van der Waals surface area (Å²) in [5.74, 6) is 0.0363. The van der Waals surface area contributed by atoms with Gasteiger partial charge in [-0.3, -0.25) is 9.59 Å². The number of ether oxygens (including phenoxy) is 2. The molecule has 2 amide bonds. The summed E-state index contributed by atoms with van der Waals surface area (Å²) < 4.78 is 10.8. The molecule has 1 aromatic rings. The summed E-state index contributed by atoms with van der Waals surface area (Å²) in [4.78, 5) is 24.1. The van der Waals surface area contributed by atoms with E-state index in [0.29, 0.717) is 24.7 Å². The Morgan fingerprint density at radius 1 is 0.950 bits per heavy atom. The van der Waals surface area contributed by atoms with E-state index in [1.54, 1.807) is 24.3 Å². The summed E-state index contributed by atoms with van der Waals surface area (Å²) in [7, 11) is 0. The van der Waals surface area contributed by atoms with E-state index in [2.05, 4.69) is 6.92 Å². The molecule has 0 radical (unpaired) electrons. The van der Waals surface area contributed by atoms with Gasteiger partial charge in [0.25, 0.3) is 11.8 Å². The second-order valence-corrected chi connectivity index (χ2v) is 4.30. The summed E-state index contributed by atoms with van der Waals surface area (Å²) in [6.45, 7) is 3.80. The SMILES string of the molecule is CCCOCCOc1ccc(N2C(=O)C=CC2=O)cc1. The quantitative estimate of drug-likeness (QED) is 0.563. The lowest BCUT2D eigenvalue weighted by Gasteiger charge is -2.14. The first-order chi connectivity index (χ1) is 9.72. The van der Waals surface area contributed by atoms with Crippen LogP contribution in [0.4, 0.5) is 5.69 Å². The number of carbonyl (C=O) groups is 2. The molecule has 2 rings (SSSR count). The standard InChI is InChI=1S/C15H17NO4/c1-2-9-19-10-11-20-13-5-3-12(4-6-13)16-14(17)7-8-15(16)18/h3-8H,2,9-11H2,1H3. The summed E-state index contributed by atoms with van der Waals surface area (Å²) in [6, 6.07) is 6.83. The lowest BCUT2D eigenvalue weighted by molar-refractivity contribution is -0.119. The summed E-state index contributed by atoms with van der Waals surface area (Å²) in [5, 5.41) is 0. The van der Waals surface area contributed by atoms with Crippen LogP contribution in [0.15, 0.2) is 36.4 Å². The molecule has 5 heteroatoms. The van der Waals surface area contributed by atoms with Gasteiger partial charge in [-0.1, -0.05) is 6.92 Å². The van der Waals surface area contributed by atoms with Gasteiger partial charge in [0.15, 0.2) is 0 Å². The number of anilines is 1. The van der Waals surface area contributed by atoms with Crippen LogP contribution >= 0.6 is 0 Å². The third kappa shape index (κ3) is 3.45. The number of imide groups is 1. The van der Waals surface area contributed by atoms with Crippen LogP contribution in [0.5, 0.6) is 5.75 Å². The number of amides is 2. The van der Waals surface area contributed by atoms with Crippen molar-refractivity contribution in [1.82, 2.24) is 0 Å². The summed E-state index contributed by atoms with van der Waals surface area (Å²) >= 11 is 0. The normalized spacial score (nSPS) is 14.2. The Labute approximate surface area is 117 Å². The van der Waals surface area contributed by atoms with Crippen molar-refractivity contribution in [2.24, 2.45) is 0 Å². The fourth-order valence-electron chi connectivity index (χ4n) is 1.81. The lowest BCUT2D eigenvalue weighted by atomic mass is 10.3. The molecule has 0 aromatic heterocycles. The van der Waals surface area contributed by atoms with Crippen molar-refractivity contribution in [1.29, 1.82) is 0 Å². The molecule has 0 bridgehead atoms. The van der Waals surface area contributed by atoms with Crippen LogP contribution in [0.1, 0.15) is 13.3 Å². The molecule has 0 spiro atoms. The fourth-order valence-corrected chi connectivity index (χ4v) is 1.81. The minimum absolute atomic E-state index is 0.323. The van der Waals surface area contributed by atoms with Gasteiger partial charge in [-0.15, -0.1) is 0 Å². The van der Waals surface area contributed by atoms with Gasteiger partial charge in [0.2, 0.25) is 0 Å². The van der Waals surface area contributed by atoms with Gasteiger partial charge in [-0.25, -0.2) is 4.90 Å². The zero-order valence-electron chi connectivity index (χ0n) is 11.4. The van der Waals surface area contributed by atoms with Gasteiger partial charge in [-0.2, -0.15) is 0 Å². The Bertz CT molecular complexity index is 489. The molecule has 106 valence electrons. The third-order valence-electron chi connectivity index (χ3n) is 2.75. The van der Waals surface area contributed by atoms with Crippen molar-refractivity contribution < 1.29 is 19.1 Å². The van der Waals surface area contributed by atoms with Crippen molar-refractivity contribution >= 4 is 17.5 Å². The van der Waals surface area contributed by atoms with E-state index in [9.17, 15) is 9.59 Å². The average Bonchev–Trinajstić information content (AvgIpc) is 2.79. The molecule has 1 aliphatic heterocycles. The Kier molecular flexibility index (Phi) is 4.90. The first-order valence-electron chi connectivity index (χ1n) is 6.59. The summed E-state index contributed by atoms with van der Waals surface area (Å²) in [5.41, 5.74) is 0.541. The van der Waals surface area contributed by atoms with Gasteiger partial charge >= 0.3 is 0 Å². The topological polar surface area (TPSA) is 55.8 Å². The molecule has 1 aliphatic rings. The maximum absolute atomic E-state index is 11.5. The highest BCUT2D eigenvalue weighted by Crippen LogP contribution is 2.22. The highest BCUT2D eigenvalue weighted by Gasteiger charge is 2.24. The van der Waals surface area contributed by atoms with Crippen LogP contribution in [0.3, 0.4) is 0 Å². The van der Waals surface area contributed by atoms with Crippen molar-refractivity contribution in [2.45, 2.75) is 13.3 Å². The zero-order chi connectivity index (χ0) is 14.4. The van der Waals surface area contributed by atoms with Gasteiger partial charge in [0, 0.05) is 18.8 Å².